The van der Waals surface area contributed by atoms with Crippen LogP contribution in [-0.2, 0) is 0 Å². The van der Waals surface area contributed by atoms with Crippen molar-refractivity contribution < 1.29 is 4.79 Å². The van der Waals surface area contributed by atoms with Gasteiger partial charge >= 0.3 is 0 Å². The van der Waals surface area contributed by atoms with Crippen LogP contribution in [0.4, 0.5) is 5.69 Å². The van der Waals surface area contributed by atoms with Crippen molar-refractivity contribution in [2.45, 2.75) is 0 Å². The van der Waals surface area contributed by atoms with Crippen LogP contribution in [0.3, 0.4) is 0 Å². The molecule has 3 nitrogen and oxygen atoms in total. The van der Waals surface area contributed by atoms with Gasteiger partial charge in [0.25, 0.3) is 5.91 Å². The van der Waals surface area contributed by atoms with E-state index in [1.165, 1.54) is 0 Å². The van der Waals surface area contributed by atoms with Gasteiger partial charge in [-0.2, -0.15) is 0 Å². The first kappa shape index (κ1) is 17.9. The van der Waals surface area contributed by atoms with Gasteiger partial charge in [-0.15, -0.1) is 0 Å². The summed E-state index contributed by atoms with van der Waals surface area (Å²) in [6, 6.07) is 31.5. The predicted octanol–water partition coefficient (Wildman–Crippen LogP) is 5.63. The zero-order valence-corrected chi connectivity index (χ0v) is 15.9. The van der Waals surface area contributed by atoms with E-state index in [0.29, 0.717) is 5.56 Å². The third kappa shape index (κ3) is 3.92. The number of benzene rings is 4. The number of fused-ring (bicyclic) bond motifs is 1. The van der Waals surface area contributed by atoms with Crippen LogP contribution in [0, 0.1) is 0 Å². The highest BCUT2D eigenvalue weighted by molar-refractivity contribution is 7.80. The van der Waals surface area contributed by atoms with Gasteiger partial charge < -0.3 is 5.32 Å². The van der Waals surface area contributed by atoms with Crippen molar-refractivity contribution in [3.8, 4) is 11.1 Å². The molecule has 0 aliphatic rings. The number of hydrogen-bond acceptors (Lipinski definition) is 2. The molecule has 0 spiro atoms. The van der Waals surface area contributed by atoms with E-state index in [1.807, 2.05) is 78.9 Å². The normalized spacial score (nSPS) is 10.4. The van der Waals surface area contributed by atoms with E-state index in [9.17, 15) is 4.79 Å². The van der Waals surface area contributed by atoms with Crippen LogP contribution in [0.15, 0.2) is 97.1 Å². The molecule has 0 heterocycles. The van der Waals surface area contributed by atoms with E-state index < -0.39 is 0 Å². The van der Waals surface area contributed by atoms with Gasteiger partial charge in [0, 0.05) is 11.3 Å². The molecule has 0 fully saturated rings. The predicted molar refractivity (Wildman–Crippen MR) is 120 cm³/mol. The summed E-state index contributed by atoms with van der Waals surface area (Å²) in [5.74, 6) is -0.227. The quantitative estimate of drug-likeness (QED) is 0.451. The molecule has 0 bridgehead atoms. The Morgan fingerprint density at radius 2 is 1.32 bits per heavy atom. The molecule has 1 amide bonds. The van der Waals surface area contributed by atoms with Gasteiger partial charge in [0.05, 0.1) is 0 Å². The van der Waals surface area contributed by atoms with Crippen LogP contribution in [0.25, 0.3) is 21.9 Å². The average Bonchev–Trinajstić information content (AvgIpc) is 2.74. The minimum Gasteiger partial charge on any atom is -0.332 e. The largest absolute Gasteiger partial charge is 0.332 e. The maximum absolute atomic E-state index is 12.7. The van der Waals surface area contributed by atoms with Crippen molar-refractivity contribution in [1.82, 2.24) is 5.32 Å². The number of thiocarbonyl (C=S) groups is 1. The van der Waals surface area contributed by atoms with Crippen LogP contribution >= 0.6 is 12.2 Å². The van der Waals surface area contributed by atoms with E-state index in [4.69, 9.17) is 12.2 Å². The molecule has 28 heavy (non-hydrogen) atoms. The van der Waals surface area contributed by atoms with Gasteiger partial charge in [-0.1, -0.05) is 78.9 Å². The Labute approximate surface area is 169 Å². The van der Waals surface area contributed by atoms with Crippen LogP contribution < -0.4 is 10.6 Å². The van der Waals surface area contributed by atoms with Gasteiger partial charge in [0.1, 0.15) is 0 Å². The van der Waals surface area contributed by atoms with Gasteiger partial charge in [-0.3, -0.25) is 10.1 Å². The lowest BCUT2D eigenvalue weighted by Gasteiger charge is -2.11. The minimum atomic E-state index is -0.227. The fourth-order valence-corrected chi connectivity index (χ4v) is 3.34. The minimum absolute atomic E-state index is 0.227. The van der Waals surface area contributed by atoms with Crippen LogP contribution in [0.5, 0.6) is 0 Å². The number of rotatable bonds is 3. The lowest BCUT2D eigenvalue weighted by molar-refractivity contribution is 0.0979. The molecule has 0 aliphatic carbocycles. The highest BCUT2D eigenvalue weighted by atomic mass is 32.1. The zero-order chi connectivity index (χ0) is 19.3. The van der Waals surface area contributed by atoms with Crippen LogP contribution in [0.2, 0.25) is 0 Å². The van der Waals surface area contributed by atoms with E-state index in [2.05, 4.69) is 22.8 Å². The molecule has 136 valence electrons. The van der Waals surface area contributed by atoms with Gasteiger partial charge in [-0.25, -0.2) is 0 Å². The highest BCUT2D eigenvalue weighted by Crippen LogP contribution is 2.21. The molecule has 0 saturated heterocycles. The van der Waals surface area contributed by atoms with Gasteiger partial charge in [0.2, 0.25) is 0 Å². The Morgan fingerprint density at radius 3 is 2.11 bits per heavy atom. The summed E-state index contributed by atoms with van der Waals surface area (Å²) in [5, 5.41) is 8.02. The first-order chi connectivity index (χ1) is 13.7. The number of anilines is 1. The molecular weight excluding hydrogens is 364 g/mol. The first-order valence-corrected chi connectivity index (χ1v) is 9.37. The molecule has 2 N–H and O–H groups in total. The van der Waals surface area contributed by atoms with Crippen LogP contribution in [0.1, 0.15) is 10.4 Å². The van der Waals surface area contributed by atoms with E-state index in [-0.39, 0.29) is 11.0 Å². The van der Waals surface area contributed by atoms with Crippen molar-refractivity contribution in [3.05, 3.63) is 103 Å². The Balaban J connectivity index is 1.45. The summed E-state index contributed by atoms with van der Waals surface area (Å²) < 4.78 is 0. The highest BCUT2D eigenvalue weighted by Gasteiger charge is 2.11. The zero-order valence-electron chi connectivity index (χ0n) is 15.1. The molecule has 4 aromatic carbocycles. The average molecular weight is 382 g/mol. The van der Waals surface area contributed by atoms with Crippen LogP contribution in [-0.4, -0.2) is 11.0 Å². The SMILES string of the molecule is O=C(NC(=S)Nc1ccc(-c2ccccc2)cc1)c1cccc2ccccc12. The lowest BCUT2D eigenvalue weighted by atomic mass is 10.0. The molecule has 0 saturated carbocycles. The smallest absolute Gasteiger partial charge is 0.258 e. The molecule has 0 unspecified atom stereocenters. The number of hydrogen-bond donors (Lipinski definition) is 2. The fourth-order valence-electron chi connectivity index (χ4n) is 3.13. The van der Waals surface area contributed by atoms with Crippen molar-refractivity contribution >= 4 is 39.7 Å². The fraction of sp³-hybridized carbons (Fsp3) is 0. The second-order valence-electron chi connectivity index (χ2n) is 6.38. The van der Waals surface area contributed by atoms with Gasteiger partial charge in [0.15, 0.2) is 5.11 Å². The summed E-state index contributed by atoms with van der Waals surface area (Å²) in [4.78, 5) is 12.7. The number of carbonyl (C=O) groups is 1. The van der Waals surface area contributed by atoms with E-state index >= 15 is 0 Å². The topological polar surface area (TPSA) is 41.1 Å². The summed E-state index contributed by atoms with van der Waals surface area (Å²) in [5.41, 5.74) is 3.70. The standard InChI is InChI=1S/C24H18N2OS/c27-23(22-12-6-10-19-9-4-5-11-21(19)22)26-24(28)25-20-15-13-18(14-16-20)17-7-2-1-3-8-17/h1-16H,(H2,25,26,27,28). The number of carbonyl (C=O) groups excluding carboxylic acids is 1. The van der Waals surface area contributed by atoms with E-state index in [1.54, 1.807) is 6.07 Å². The molecule has 0 aromatic heterocycles. The second-order valence-corrected chi connectivity index (χ2v) is 6.79. The van der Waals surface area contributed by atoms with E-state index in [0.717, 1.165) is 27.6 Å². The second kappa shape index (κ2) is 8.03. The van der Waals surface area contributed by atoms with Crippen molar-refractivity contribution in [1.29, 1.82) is 0 Å². The summed E-state index contributed by atoms with van der Waals surface area (Å²) >= 11 is 5.32. The summed E-state index contributed by atoms with van der Waals surface area (Å²) in [6.07, 6.45) is 0. The first-order valence-electron chi connectivity index (χ1n) is 8.96. The number of nitrogens with one attached hydrogen (secondary N) is 2. The lowest BCUT2D eigenvalue weighted by Crippen LogP contribution is -2.34. The Kier molecular flexibility index (Phi) is 5.13. The third-order valence-electron chi connectivity index (χ3n) is 4.51. The molecular formula is C24H18N2OS. The molecule has 0 radical (unpaired) electrons. The van der Waals surface area contributed by atoms with Crippen molar-refractivity contribution in [3.63, 3.8) is 0 Å². The summed E-state index contributed by atoms with van der Waals surface area (Å²) in [6.45, 7) is 0. The van der Waals surface area contributed by atoms with Crippen molar-refractivity contribution in [2.24, 2.45) is 0 Å². The molecule has 0 atom stereocenters. The molecule has 4 rings (SSSR count). The maximum Gasteiger partial charge on any atom is 0.258 e. The Morgan fingerprint density at radius 1 is 0.679 bits per heavy atom. The summed E-state index contributed by atoms with van der Waals surface area (Å²) in [7, 11) is 0. The number of amides is 1. The molecule has 0 aliphatic heterocycles. The van der Waals surface area contributed by atoms with Crippen molar-refractivity contribution in [2.75, 3.05) is 5.32 Å². The monoisotopic (exact) mass is 382 g/mol. The Bertz CT molecular complexity index is 1130. The maximum atomic E-state index is 12.7. The molecule has 4 aromatic rings. The van der Waals surface area contributed by atoms with Gasteiger partial charge in [-0.05, 0) is 52.3 Å². The Hall–Kier alpha value is -3.50. The molecule has 4 heteroatoms. The third-order valence-corrected chi connectivity index (χ3v) is 4.72.